The number of nitrogens with one attached hydrogen (secondary N) is 1. The molecule has 1 aliphatic rings. The van der Waals surface area contributed by atoms with Crippen molar-refractivity contribution in [2.24, 2.45) is 16.3 Å². The van der Waals surface area contributed by atoms with Gasteiger partial charge in [-0.2, -0.15) is 0 Å². The molecule has 1 amide bonds. The second-order valence-corrected chi connectivity index (χ2v) is 13.7. The van der Waals surface area contributed by atoms with Crippen LogP contribution in [-0.4, -0.2) is 17.0 Å². The highest BCUT2D eigenvalue weighted by atomic mass is 35.5. The Morgan fingerprint density at radius 1 is 1.12 bits per heavy atom. The zero-order valence-corrected chi connectivity index (χ0v) is 25.4. The van der Waals surface area contributed by atoms with E-state index in [1.54, 1.807) is 23.6 Å². The van der Waals surface area contributed by atoms with Gasteiger partial charge in [-0.05, 0) is 78.6 Å². The van der Waals surface area contributed by atoms with Crippen molar-refractivity contribution < 1.29 is 9.72 Å². The highest BCUT2D eigenvalue weighted by molar-refractivity contribution is 7.99. The number of non-ortho nitro benzene ring substituents is 1. The number of nitrogens with zero attached hydrogens (tertiary/aromatic N) is 2. The van der Waals surface area contributed by atoms with Gasteiger partial charge in [0, 0.05) is 49.3 Å². The molecule has 4 aromatic rings. The number of thiophene rings is 1. The molecule has 1 heterocycles. The number of halogens is 1. The van der Waals surface area contributed by atoms with Crippen LogP contribution in [0, 0.1) is 21.4 Å². The number of para-hydroxylation sites is 1. The van der Waals surface area contributed by atoms with E-state index < -0.39 is 4.92 Å². The number of nitro benzene ring substituents is 1. The number of aliphatic imine (C=N–C) groups is 1. The fraction of sp³-hybridized carbons (Fsp3) is 0.250. The summed E-state index contributed by atoms with van der Waals surface area (Å²) in [5.74, 6) is 0.319. The second kappa shape index (κ2) is 12.2. The van der Waals surface area contributed by atoms with Gasteiger partial charge in [-0.1, -0.05) is 62.3 Å². The van der Waals surface area contributed by atoms with Crippen LogP contribution in [0.1, 0.15) is 53.6 Å². The number of rotatable bonds is 7. The van der Waals surface area contributed by atoms with E-state index in [9.17, 15) is 14.9 Å². The summed E-state index contributed by atoms with van der Waals surface area (Å²) in [5.41, 5.74) is 3.12. The van der Waals surface area contributed by atoms with Crippen molar-refractivity contribution in [2.45, 2.75) is 49.8 Å². The van der Waals surface area contributed by atoms with Gasteiger partial charge in [0.15, 0.2) is 0 Å². The summed E-state index contributed by atoms with van der Waals surface area (Å²) in [5, 5.41) is 15.9. The van der Waals surface area contributed by atoms with Crippen LogP contribution < -0.4 is 5.32 Å². The maximum absolute atomic E-state index is 13.7. The van der Waals surface area contributed by atoms with Gasteiger partial charge in [0.25, 0.3) is 11.6 Å². The average Bonchev–Trinajstić information content (AvgIpc) is 3.31. The quantitative estimate of drug-likeness (QED) is 0.129. The molecule has 1 aliphatic carbocycles. The van der Waals surface area contributed by atoms with Crippen LogP contribution in [0.25, 0.3) is 0 Å². The lowest BCUT2D eigenvalue weighted by Crippen LogP contribution is -2.27. The van der Waals surface area contributed by atoms with Gasteiger partial charge in [-0.3, -0.25) is 14.9 Å². The van der Waals surface area contributed by atoms with Gasteiger partial charge in [-0.25, -0.2) is 4.99 Å². The molecule has 3 aromatic carbocycles. The predicted octanol–water partition coefficient (Wildman–Crippen LogP) is 9.61. The molecule has 0 saturated carbocycles. The average molecular weight is 604 g/mol. The number of carbonyl (C=O) groups is 1. The zero-order chi connectivity index (χ0) is 29.1. The molecule has 1 N–H and O–H groups in total. The van der Waals surface area contributed by atoms with Crippen LogP contribution >= 0.6 is 34.7 Å². The largest absolute Gasteiger partial charge is 0.322 e. The van der Waals surface area contributed by atoms with E-state index in [-0.39, 0.29) is 17.0 Å². The number of carbonyl (C=O) groups excluding carboxylic acids is 1. The maximum Gasteiger partial charge on any atom is 0.270 e. The molecule has 0 spiro atoms. The molecule has 6 nitrogen and oxygen atoms in total. The number of benzene rings is 3. The standard InChI is InChI=1S/C32H30ClN3O3S2/c1-32(2,3)21-9-15-26-28(18-21)41-31(29(26)30(37)35-23-7-5-4-6-8-23)34-19-20-17-24(36(38)39)12-16-27(20)40-25-13-10-22(33)11-14-25/h4-8,10-14,16-17,19,21H,9,15,18H2,1-3H3,(H,35,37)/t21-/m0/s1. The summed E-state index contributed by atoms with van der Waals surface area (Å²) >= 11 is 9.07. The van der Waals surface area contributed by atoms with Crippen LogP contribution in [-0.2, 0) is 12.8 Å². The Hall–Kier alpha value is -3.46. The Balaban J connectivity index is 1.54. The van der Waals surface area contributed by atoms with Crippen LogP contribution in [0.2, 0.25) is 5.02 Å². The zero-order valence-electron chi connectivity index (χ0n) is 23.0. The molecule has 0 bridgehead atoms. The summed E-state index contributed by atoms with van der Waals surface area (Å²) in [6, 6.07) is 21.6. The predicted molar refractivity (Wildman–Crippen MR) is 170 cm³/mol. The molecule has 0 saturated heterocycles. The smallest absolute Gasteiger partial charge is 0.270 e. The highest BCUT2D eigenvalue weighted by Crippen LogP contribution is 2.45. The third kappa shape index (κ3) is 6.89. The third-order valence-electron chi connectivity index (χ3n) is 7.30. The van der Waals surface area contributed by atoms with Crippen molar-refractivity contribution in [3.05, 3.63) is 110 Å². The van der Waals surface area contributed by atoms with Gasteiger partial charge in [0.1, 0.15) is 5.00 Å². The molecule has 0 unspecified atom stereocenters. The van der Waals surface area contributed by atoms with Gasteiger partial charge in [-0.15, -0.1) is 11.3 Å². The van der Waals surface area contributed by atoms with E-state index in [1.807, 2.05) is 54.6 Å². The van der Waals surface area contributed by atoms with Crippen LogP contribution in [0.3, 0.4) is 0 Å². The van der Waals surface area contributed by atoms with Crippen LogP contribution in [0.15, 0.2) is 87.6 Å². The molecule has 1 aromatic heterocycles. The fourth-order valence-corrected chi connectivity index (χ4v) is 7.24. The van der Waals surface area contributed by atoms with Crippen molar-refractivity contribution in [1.29, 1.82) is 0 Å². The van der Waals surface area contributed by atoms with Crippen molar-refractivity contribution in [1.82, 2.24) is 0 Å². The fourth-order valence-electron chi connectivity index (χ4n) is 4.95. The number of anilines is 1. The SMILES string of the molecule is CC(C)(C)[C@H]1CCc2c(sc(N=Cc3cc([N+](=O)[O-])ccc3Sc3ccc(Cl)cc3)c2C(=O)Nc2ccccc2)C1. The summed E-state index contributed by atoms with van der Waals surface area (Å²) in [4.78, 5) is 32.6. The molecule has 9 heteroatoms. The van der Waals surface area contributed by atoms with Crippen molar-refractivity contribution in [3.63, 3.8) is 0 Å². The Kier molecular flexibility index (Phi) is 8.63. The summed E-state index contributed by atoms with van der Waals surface area (Å²) in [7, 11) is 0. The van der Waals surface area contributed by atoms with Crippen molar-refractivity contribution in [2.75, 3.05) is 5.32 Å². The Morgan fingerprint density at radius 2 is 1.85 bits per heavy atom. The lowest BCUT2D eigenvalue weighted by molar-refractivity contribution is -0.384. The first-order valence-electron chi connectivity index (χ1n) is 13.4. The van der Waals surface area contributed by atoms with Crippen LogP contribution in [0.4, 0.5) is 16.4 Å². The molecule has 1 atom stereocenters. The number of fused-ring (bicyclic) bond motifs is 1. The van der Waals surface area contributed by atoms with Gasteiger partial charge in [0.2, 0.25) is 0 Å². The number of hydrogen-bond donors (Lipinski definition) is 1. The number of nitro groups is 1. The lowest BCUT2D eigenvalue weighted by Gasteiger charge is -2.33. The molecule has 41 heavy (non-hydrogen) atoms. The minimum absolute atomic E-state index is 0.0209. The van der Waals surface area contributed by atoms with Crippen molar-refractivity contribution >= 4 is 63.2 Å². The monoisotopic (exact) mass is 603 g/mol. The summed E-state index contributed by atoms with van der Waals surface area (Å²) < 4.78 is 0. The van der Waals surface area contributed by atoms with Gasteiger partial charge in [0.05, 0.1) is 10.5 Å². The van der Waals surface area contributed by atoms with Gasteiger partial charge < -0.3 is 5.32 Å². The number of amides is 1. The molecule has 0 aliphatic heterocycles. The molecule has 0 radical (unpaired) electrons. The molecule has 0 fully saturated rings. The van der Waals surface area contributed by atoms with E-state index >= 15 is 0 Å². The maximum atomic E-state index is 13.7. The van der Waals surface area contributed by atoms with E-state index in [1.165, 1.54) is 28.8 Å². The third-order valence-corrected chi connectivity index (χ3v) is 9.81. The van der Waals surface area contributed by atoms with Crippen LogP contribution in [0.5, 0.6) is 0 Å². The molecule has 5 rings (SSSR count). The molecular formula is C32H30ClN3O3S2. The first-order chi connectivity index (χ1) is 19.6. The summed E-state index contributed by atoms with van der Waals surface area (Å²) in [6.07, 6.45) is 4.37. The number of hydrogen-bond acceptors (Lipinski definition) is 6. The topological polar surface area (TPSA) is 84.6 Å². The minimum atomic E-state index is -0.413. The second-order valence-electron chi connectivity index (χ2n) is 11.1. The van der Waals surface area contributed by atoms with Gasteiger partial charge >= 0.3 is 0 Å². The van der Waals surface area contributed by atoms with E-state index in [2.05, 4.69) is 26.1 Å². The van der Waals surface area contributed by atoms with E-state index in [0.29, 0.717) is 27.1 Å². The first-order valence-corrected chi connectivity index (χ1v) is 15.4. The normalized spacial score (nSPS) is 15.1. The highest BCUT2D eigenvalue weighted by Gasteiger charge is 2.33. The minimum Gasteiger partial charge on any atom is -0.322 e. The Morgan fingerprint density at radius 3 is 2.54 bits per heavy atom. The summed E-state index contributed by atoms with van der Waals surface area (Å²) in [6.45, 7) is 6.79. The van der Waals surface area contributed by atoms with E-state index in [4.69, 9.17) is 16.6 Å². The first kappa shape index (κ1) is 29.0. The van der Waals surface area contributed by atoms with E-state index in [0.717, 1.165) is 40.3 Å². The molecular weight excluding hydrogens is 574 g/mol. The lowest BCUT2D eigenvalue weighted by atomic mass is 9.72. The Bertz CT molecular complexity index is 1610. The van der Waals surface area contributed by atoms with Crippen molar-refractivity contribution in [3.8, 4) is 0 Å². The Labute approximate surface area is 253 Å². The molecule has 210 valence electrons.